The fraction of sp³-hybridized carbons (Fsp3) is 0.550. The molecular weight excluding hydrogens is 410 g/mol. The standard InChI is InChI=1S/C20H29N5O4.ClH/c1-25(2)17(12-26)20-24-23-19(29-20)16(11-13-3-5-15(27)6-4-13)22-18(28)14-7-9-21-10-8-14;/h3-6,14,16-17,21,26-27H,7-12H2,1-2H3,(H,22,28);1H/p-1/t16-,17-;/m0./s1. The predicted molar refractivity (Wildman–Crippen MR) is 106 cm³/mol. The summed E-state index contributed by atoms with van der Waals surface area (Å²) in [6, 6.07) is 5.90. The maximum absolute atomic E-state index is 12.8. The summed E-state index contributed by atoms with van der Waals surface area (Å²) in [5.41, 5.74) is 0.921. The molecule has 166 valence electrons. The van der Waals surface area contributed by atoms with E-state index in [1.807, 2.05) is 14.1 Å². The monoisotopic (exact) mass is 438 g/mol. The van der Waals surface area contributed by atoms with Crippen molar-refractivity contribution in [3.8, 4) is 5.75 Å². The van der Waals surface area contributed by atoms with Gasteiger partial charge in [0.15, 0.2) is 0 Å². The van der Waals surface area contributed by atoms with E-state index in [-0.39, 0.29) is 36.6 Å². The maximum Gasteiger partial charge on any atom is 0.239 e. The van der Waals surface area contributed by atoms with Crippen LogP contribution in [0.5, 0.6) is 5.75 Å². The molecule has 2 atom stereocenters. The first kappa shape index (κ1) is 24.1. The number of aromatic nitrogens is 2. The normalized spacial score (nSPS) is 16.7. The minimum Gasteiger partial charge on any atom is -1.00 e. The smallest absolute Gasteiger partial charge is 0.239 e. The molecule has 2 heterocycles. The van der Waals surface area contributed by atoms with Gasteiger partial charge in [0.2, 0.25) is 17.7 Å². The van der Waals surface area contributed by atoms with Gasteiger partial charge in [-0.1, -0.05) is 12.1 Å². The van der Waals surface area contributed by atoms with Crippen LogP contribution < -0.4 is 23.0 Å². The summed E-state index contributed by atoms with van der Waals surface area (Å²) in [5.74, 6) is 0.713. The molecule has 1 saturated heterocycles. The molecule has 0 unspecified atom stereocenters. The Morgan fingerprint density at radius 2 is 1.87 bits per heavy atom. The van der Waals surface area contributed by atoms with Gasteiger partial charge >= 0.3 is 0 Å². The average Bonchev–Trinajstić information content (AvgIpc) is 3.19. The van der Waals surface area contributed by atoms with E-state index in [0.717, 1.165) is 31.5 Å². The number of aliphatic hydroxyl groups is 1. The predicted octanol–water partition coefficient (Wildman–Crippen LogP) is -2.23. The summed E-state index contributed by atoms with van der Waals surface area (Å²) in [6.07, 6.45) is 2.03. The van der Waals surface area contributed by atoms with Gasteiger partial charge in [0.25, 0.3) is 0 Å². The average molecular weight is 439 g/mol. The third kappa shape index (κ3) is 6.15. The van der Waals surface area contributed by atoms with Crippen molar-refractivity contribution in [2.45, 2.75) is 31.3 Å². The Bertz CT molecular complexity index is 793. The van der Waals surface area contributed by atoms with Gasteiger partial charge in [0.1, 0.15) is 17.8 Å². The molecule has 2 aromatic rings. The van der Waals surface area contributed by atoms with Crippen molar-refractivity contribution in [3.63, 3.8) is 0 Å². The Hall–Kier alpha value is -2.20. The summed E-state index contributed by atoms with van der Waals surface area (Å²) < 4.78 is 5.84. The summed E-state index contributed by atoms with van der Waals surface area (Å²) in [7, 11) is 3.63. The lowest BCUT2D eigenvalue weighted by atomic mass is 9.96. The molecule has 1 amide bonds. The van der Waals surface area contributed by atoms with E-state index < -0.39 is 12.1 Å². The topological polar surface area (TPSA) is 124 Å². The number of benzene rings is 1. The van der Waals surface area contributed by atoms with Crippen molar-refractivity contribution < 1.29 is 31.8 Å². The van der Waals surface area contributed by atoms with Crippen molar-refractivity contribution in [2.75, 3.05) is 33.8 Å². The van der Waals surface area contributed by atoms with Crippen LogP contribution in [0.1, 0.15) is 42.3 Å². The third-order valence-electron chi connectivity index (χ3n) is 5.24. The number of likely N-dealkylation sites (N-methyl/N-ethyl adjacent to an activating group) is 1. The van der Waals surface area contributed by atoms with E-state index in [9.17, 15) is 15.0 Å². The quantitative estimate of drug-likeness (QED) is 0.365. The molecule has 1 aromatic carbocycles. The number of phenols is 1. The minimum atomic E-state index is -0.496. The number of halogens is 1. The fourth-order valence-corrected chi connectivity index (χ4v) is 3.43. The Morgan fingerprint density at radius 3 is 2.47 bits per heavy atom. The molecule has 0 bridgehead atoms. The molecule has 1 aliphatic rings. The largest absolute Gasteiger partial charge is 1.00 e. The number of phenolic OH excluding ortho intramolecular Hbond substituents is 1. The number of amides is 1. The van der Waals surface area contributed by atoms with Crippen LogP contribution in [0.2, 0.25) is 0 Å². The zero-order valence-electron chi connectivity index (χ0n) is 17.2. The van der Waals surface area contributed by atoms with E-state index in [1.165, 1.54) is 0 Å². The van der Waals surface area contributed by atoms with Crippen LogP contribution in [0.4, 0.5) is 0 Å². The number of carbonyl (C=O) groups is 1. The van der Waals surface area contributed by atoms with Crippen LogP contribution in [-0.2, 0) is 11.2 Å². The highest BCUT2D eigenvalue weighted by atomic mass is 35.5. The van der Waals surface area contributed by atoms with Crippen LogP contribution in [0.25, 0.3) is 0 Å². The second-order valence-corrected chi connectivity index (χ2v) is 7.60. The molecule has 0 aliphatic carbocycles. The van der Waals surface area contributed by atoms with Crippen molar-refractivity contribution in [1.29, 1.82) is 0 Å². The lowest BCUT2D eigenvalue weighted by molar-refractivity contribution is -0.126. The number of aromatic hydroxyl groups is 1. The number of hydrogen-bond donors (Lipinski definition) is 4. The molecule has 1 aromatic heterocycles. The van der Waals surface area contributed by atoms with Crippen LogP contribution >= 0.6 is 0 Å². The molecule has 9 nitrogen and oxygen atoms in total. The number of nitrogens with zero attached hydrogens (tertiary/aromatic N) is 3. The molecule has 4 N–H and O–H groups in total. The Balaban J connectivity index is 0.00000320. The maximum atomic E-state index is 12.8. The first-order valence-corrected chi connectivity index (χ1v) is 9.87. The zero-order valence-corrected chi connectivity index (χ0v) is 18.0. The van der Waals surface area contributed by atoms with E-state index in [1.54, 1.807) is 29.2 Å². The third-order valence-corrected chi connectivity index (χ3v) is 5.24. The van der Waals surface area contributed by atoms with Crippen molar-refractivity contribution in [1.82, 2.24) is 25.7 Å². The van der Waals surface area contributed by atoms with Gasteiger partial charge in [-0.3, -0.25) is 9.69 Å². The summed E-state index contributed by atoms with van der Waals surface area (Å²) in [4.78, 5) is 14.6. The molecule has 1 aliphatic heterocycles. The van der Waals surface area contributed by atoms with E-state index >= 15 is 0 Å². The van der Waals surface area contributed by atoms with Gasteiger partial charge in [-0.2, -0.15) is 0 Å². The van der Waals surface area contributed by atoms with Crippen molar-refractivity contribution >= 4 is 5.91 Å². The van der Waals surface area contributed by atoms with E-state index in [0.29, 0.717) is 18.2 Å². The van der Waals surface area contributed by atoms with Crippen molar-refractivity contribution in [2.24, 2.45) is 5.92 Å². The summed E-state index contributed by atoms with van der Waals surface area (Å²) in [5, 5.41) is 33.7. The van der Waals surface area contributed by atoms with Gasteiger partial charge in [-0.15, -0.1) is 10.2 Å². The second kappa shape index (κ2) is 11.3. The van der Waals surface area contributed by atoms with Crippen molar-refractivity contribution in [3.05, 3.63) is 41.6 Å². The molecule has 1 fully saturated rings. The van der Waals surface area contributed by atoms with E-state index in [4.69, 9.17) is 4.42 Å². The van der Waals surface area contributed by atoms with Gasteiger partial charge in [0.05, 0.1) is 6.61 Å². The molecule has 30 heavy (non-hydrogen) atoms. The molecule has 3 rings (SSSR count). The fourth-order valence-electron chi connectivity index (χ4n) is 3.43. The van der Waals surface area contributed by atoms with E-state index in [2.05, 4.69) is 20.8 Å². The number of hydrogen-bond acceptors (Lipinski definition) is 8. The van der Waals surface area contributed by atoms with Crippen LogP contribution in [0.15, 0.2) is 28.7 Å². The number of piperidine rings is 1. The van der Waals surface area contributed by atoms with Crippen LogP contribution in [0.3, 0.4) is 0 Å². The molecular formula is C20H29ClN5O4-. The highest BCUT2D eigenvalue weighted by molar-refractivity contribution is 5.79. The van der Waals surface area contributed by atoms with Gasteiger partial charge in [0, 0.05) is 12.3 Å². The highest BCUT2D eigenvalue weighted by Gasteiger charge is 2.28. The lowest BCUT2D eigenvalue weighted by Crippen LogP contribution is -3.00. The molecule has 10 heteroatoms. The number of carbonyl (C=O) groups excluding carboxylic acids is 1. The van der Waals surface area contributed by atoms with Gasteiger partial charge in [-0.25, -0.2) is 0 Å². The molecule has 0 spiro atoms. The lowest BCUT2D eigenvalue weighted by Gasteiger charge is -2.24. The van der Waals surface area contributed by atoms with Gasteiger partial charge < -0.3 is 37.7 Å². The zero-order chi connectivity index (χ0) is 20.8. The number of aliphatic hydroxyl groups excluding tert-OH is 1. The minimum absolute atomic E-state index is 0. The van der Waals surface area contributed by atoms with Crippen LogP contribution in [0, 0.1) is 5.92 Å². The van der Waals surface area contributed by atoms with Crippen LogP contribution in [-0.4, -0.2) is 65.0 Å². The highest BCUT2D eigenvalue weighted by Crippen LogP contribution is 2.24. The number of nitrogens with one attached hydrogen (secondary N) is 2. The number of rotatable bonds is 8. The summed E-state index contributed by atoms with van der Waals surface area (Å²) in [6.45, 7) is 1.50. The SMILES string of the molecule is CN(C)[C@@H](CO)c1nnc([C@H](Cc2ccc(O)cc2)NC(=O)C2CCNCC2)o1.[Cl-]. The summed E-state index contributed by atoms with van der Waals surface area (Å²) >= 11 is 0. The second-order valence-electron chi connectivity index (χ2n) is 7.60. The Kier molecular flexibility index (Phi) is 9.04. The molecule has 0 radical (unpaired) electrons. The Morgan fingerprint density at radius 1 is 1.23 bits per heavy atom. The first-order valence-electron chi connectivity index (χ1n) is 9.87. The van der Waals surface area contributed by atoms with Gasteiger partial charge in [-0.05, 0) is 57.7 Å². The Labute approximate surface area is 182 Å². The molecule has 0 saturated carbocycles. The first-order chi connectivity index (χ1) is 14.0.